The molecule has 2 nitrogen and oxygen atoms in total. The van der Waals surface area contributed by atoms with Gasteiger partial charge in [-0.15, -0.1) is 0 Å². The van der Waals surface area contributed by atoms with Crippen molar-refractivity contribution in [3.8, 4) is 0 Å². The van der Waals surface area contributed by atoms with Crippen molar-refractivity contribution < 1.29 is 4.39 Å². The van der Waals surface area contributed by atoms with Gasteiger partial charge in [0.2, 0.25) is 0 Å². The van der Waals surface area contributed by atoms with E-state index in [1.54, 1.807) is 6.07 Å². The maximum absolute atomic E-state index is 13.3. The van der Waals surface area contributed by atoms with E-state index in [4.69, 9.17) is 0 Å². The molecular weight excluding hydrogens is 263 g/mol. The summed E-state index contributed by atoms with van der Waals surface area (Å²) < 4.78 is 13.3. The largest absolute Gasteiger partial charge is 0.317 e. The van der Waals surface area contributed by atoms with Crippen LogP contribution in [0.1, 0.15) is 39.2 Å². The average molecular weight is 292 g/mol. The Morgan fingerprint density at radius 2 is 1.95 bits per heavy atom. The number of halogens is 1. The summed E-state index contributed by atoms with van der Waals surface area (Å²) in [6.07, 6.45) is 3.47. The van der Waals surface area contributed by atoms with E-state index in [0.29, 0.717) is 12.1 Å². The molecule has 1 N–H and O–H groups in total. The highest BCUT2D eigenvalue weighted by Gasteiger charge is 2.23. The average Bonchev–Trinajstić information content (AvgIpc) is 2.45. The van der Waals surface area contributed by atoms with E-state index in [9.17, 15) is 4.39 Å². The Balaban J connectivity index is 1.96. The van der Waals surface area contributed by atoms with Crippen molar-refractivity contribution >= 4 is 0 Å². The Morgan fingerprint density at radius 1 is 1.24 bits per heavy atom. The first-order valence-corrected chi connectivity index (χ1v) is 8.27. The van der Waals surface area contributed by atoms with Crippen molar-refractivity contribution in [2.45, 2.75) is 52.1 Å². The quantitative estimate of drug-likeness (QED) is 0.863. The number of nitrogens with one attached hydrogen (secondary N) is 1. The molecule has 1 aliphatic rings. The fourth-order valence-corrected chi connectivity index (χ4v) is 3.38. The number of hydrogen-bond donors (Lipinski definition) is 1. The van der Waals surface area contributed by atoms with Crippen molar-refractivity contribution in [2.24, 2.45) is 5.92 Å². The Kier molecular flexibility index (Phi) is 6.19. The third kappa shape index (κ3) is 5.08. The number of benzene rings is 1. The molecule has 1 saturated heterocycles. The van der Waals surface area contributed by atoms with E-state index >= 15 is 0 Å². The van der Waals surface area contributed by atoms with E-state index in [0.717, 1.165) is 37.5 Å². The van der Waals surface area contributed by atoms with Gasteiger partial charge in [-0.3, -0.25) is 4.90 Å². The summed E-state index contributed by atoms with van der Waals surface area (Å²) in [7, 11) is 0. The molecule has 2 rings (SSSR count). The number of rotatable bonds is 6. The van der Waals surface area contributed by atoms with E-state index < -0.39 is 0 Å². The second-order valence-electron chi connectivity index (χ2n) is 6.67. The normalized spacial score (nSPS) is 18.4. The van der Waals surface area contributed by atoms with Crippen LogP contribution in [-0.4, -0.2) is 36.6 Å². The third-order valence-corrected chi connectivity index (χ3v) is 4.58. The number of hydrogen-bond acceptors (Lipinski definition) is 2. The first-order valence-electron chi connectivity index (χ1n) is 8.27. The summed E-state index contributed by atoms with van der Waals surface area (Å²) in [6.45, 7) is 10.3. The summed E-state index contributed by atoms with van der Waals surface area (Å²) in [4.78, 5) is 2.58. The molecule has 0 radical (unpaired) electrons. The zero-order chi connectivity index (χ0) is 15.2. The molecule has 21 heavy (non-hydrogen) atoms. The van der Waals surface area contributed by atoms with Gasteiger partial charge in [0, 0.05) is 18.6 Å². The maximum Gasteiger partial charge on any atom is 0.123 e. The molecule has 1 aromatic rings. The minimum atomic E-state index is -0.130. The molecule has 0 amide bonds. The molecule has 0 aliphatic carbocycles. The molecule has 1 heterocycles. The highest BCUT2D eigenvalue weighted by molar-refractivity contribution is 5.17. The van der Waals surface area contributed by atoms with Gasteiger partial charge in [-0.05, 0) is 76.7 Å². The van der Waals surface area contributed by atoms with Gasteiger partial charge in [0.25, 0.3) is 0 Å². The van der Waals surface area contributed by atoms with Crippen LogP contribution >= 0.6 is 0 Å². The van der Waals surface area contributed by atoms with Crippen LogP contribution in [0.25, 0.3) is 0 Å². The first-order chi connectivity index (χ1) is 10.1. The minimum absolute atomic E-state index is 0.130. The van der Waals surface area contributed by atoms with Gasteiger partial charge in [-0.25, -0.2) is 4.39 Å². The van der Waals surface area contributed by atoms with Crippen molar-refractivity contribution in [3.05, 3.63) is 35.6 Å². The summed E-state index contributed by atoms with van der Waals surface area (Å²) in [5.41, 5.74) is 1.10. The van der Waals surface area contributed by atoms with Crippen LogP contribution in [0.15, 0.2) is 24.3 Å². The lowest BCUT2D eigenvalue weighted by molar-refractivity contribution is 0.124. The van der Waals surface area contributed by atoms with Gasteiger partial charge >= 0.3 is 0 Å². The van der Waals surface area contributed by atoms with Gasteiger partial charge in [0.05, 0.1) is 0 Å². The Bertz CT molecular complexity index is 427. The summed E-state index contributed by atoms with van der Waals surface area (Å²) in [6, 6.07) is 8.00. The van der Waals surface area contributed by atoms with Crippen LogP contribution in [-0.2, 0) is 6.42 Å². The minimum Gasteiger partial charge on any atom is -0.317 e. The molecule has 1 atom stereocenters. The van der Waals surface area contributed by atoms with Crippen LogP contribution in [0.2, 0.25) is 0 Å². The van der Waals surface area contributed by atoms with E-state index in [1.807, 2.05) is 12.1 Å². The SMILES string of the molecule is CC(C)N(CC1CCNCC1)C(C)Cc1cccc(F)c1. The lowest BCUT2D eigenvalue weighted by Gasteiger charge is -2.37. The van der Waals surface area contributed by atoms with Crippen molar-refractivity contribution in [1.29, 1.82) is 0 Å². The fourth-order valence-electron chi connectivity index (χ4n) is 3.38. The Hall–Kier alpha value is -0.930. The second kappa shape index (κ2) is 7.90. The molecule has 1 fully saturated rings. The second-order valence-corrected chi connectivity index (χ2v) is 6.67. The zero-order valence-electron chi connectivity index (χ0n) is 13.6. The van der Waals surface area contributed by atoms with E-state index in [1.165, 1.54) is 18.9 Å². The molecule has 1 unspecified atom stereocenters. The molecule has 0 saturated carbocycles. The van der Waals surface area contributed by atoms with Crippen LogP contribution in [0.3, 0.4) is 0 Å². The smallest absolute Gasteiger partial charge is 0.123 e. The molecule has 0 bridgehead atoms. The van der Waals surface area contributed by atoms with Crippen LogP contribution in [0, 0.1) is 11.7 Å². The predicted octanol–water partition coefficient (Wildman–Crippen LogP) is 3.47. The highest BCUT2D eigenvalue weighted by Crippen LogP contribution is 2.19. The Labute approximate surface area is 128 Å². The monoisotopic (exact) mass is 292 g/mol. The highest BCUT2D eigenvalue weighted by atomic mass is 19.1. The van der Waals surface area contributed by atoms with Gasteiger partial charge in [-0.1, -0.05) is 12.1 Å². The van der Waals surface area contributed by atoms with Crippen molar-refractivity contribution in [2.75, 3.05) is 19.6 Å². The lowest BCUT2D eigenvalue weighted by Crippen LogP contribution is -2.44. The molecular formula is C18H29FN2. The predicted molar refractivity (Wildman–Crippen MR) is 87.0 cm³/mol. The van der Waals surface area contributed by atoms with Crippen LogP contribution in [0.5, 0.6) is 0 Å². The first kappa shape index (κ1) is 16.4. The Morgan fingerprint density at radius 3 is 2.57 bits per heavy atom. The summed E-state index contributed by atoms with van der Waals surface area (Å²) in [5.74, 6) is 0.665. The summed E-state index contributed by atoms with van der Waals surface area (Å²) in [5, 5.41) is 3.43. The van der Waals surface area contributed by atoms with E-state index in [2.05, 4.69) is 31.0 Å². The molecule has 3 heteroatoms. The fraction of sp³-hybridized carbons (Fsp3) is 0.667. The molecule has 1 aromatic carbocycles. The molecule has 1 aliphatic heterocycles. The lowest BCUT2D eigenvalue weighted by atomic mass is 9.95. The maximum atomic E-state index is 13.3. The van der Waals surface area contributed by atoms with Crippen LogP contribution in [0.4, 0.5) is 4.39 Å². The van der Waals surface area contributed by atoms with Crippen molar-refractivity contribution in [3.63, 3.8) is 0 Å². The topological polar surface area (TPSA) is 15.3 Å². The summed E-state index contributed by atoms with van der Waals surface area (Å²) >= 11 is 0. The number of piperidine rings is 1. The molecule has 0 spiro atoms. The molecule has 0 aromatic heterocycles. The zero-order valence-corrected chi connectivity index (χ0v) is 13.6. The number of nitrogens with zero attached hydrogens (tertiary/aromatic N) is 1. The van der Waals surface area contributed by atoms with E-state index in [-0.39, 0.29) is 5.82 Å². The van der Waals surface area contributed by atoms with Gasteiger partial charge in [-0.2, -0.15) is 0 Å². The van der Waals surface area contributed by atoms with Gasteiger partial charge in [0.1, 0.15) is 5.82 Å². The molecule has 118 valence electrons. The standard InChI is InChI=1S/C18H29FN2/c1-14(2)21(13-16-7-9-20-10-8-16)15(3)11-17-5-4-6-18(19)12-17/h4-6,12,14-16,20H,7-11,13H2,1-3H3. The van der Waals surface area contributed by atoms with Crippen molar-refractivity contribution in [1.82, 2.24) is 10.2 Å². The van der Waals surface area contributed by atoms with Gasteiger partial charge < -0.3 is 5.32 Å². The third-order valence-electron chi connectivity index (χ3n) is 4.58. The van der Waals surface area contributed by atoms with Gasteiger partial charge in [0.15, 0.2) is 0 Å². The van der Waals surface area contributed by atoms with Crippen LogP contribution < -0.4 is 5.32 Å².